The molecule has 3 aromatic rings. The number of aryl methyl sites for hydroxylation is 1. The molecule has 0 radical (unpaired) electrons. The lowest BCUT2D eigenvalue weighted by Crippen LogP contribution is -2.09. The number of halogens is 1. The number of rotatable bonds is 6. The van der Waals surface area contributed by atoms with E-state index in [1.54, 1.807) is 18.5 Å². The van der Waals surface area contributed by atoms with Crippen molar-refractivity contribution in [3.8, 4) is 17.3 Å². The van der Waals surface area contributed by atoms with Crippen molar-refractivity contribution in [3.63, 3.8) is 0 Å². The molecular formula is C20H23ClN4OS. The maximum atomic E-state index is 9.64. The third-order valence-corrected chi connectivity index (χ3v) is 5.76. The van der Waals surface area contributed by atoms with Crippen molar-refractivity contribution in [1.29, 1.82) is 5.26 Å². The van der Waals surface area contributed by atoms with Gasteiger partial charge >= 0.3 is 0 Å². The predicted octanol–water partition coefficient (Wildman–Crippen LogP) is 4.60. The maximum Gasteiger partial charge on any atom is 0.145 e. The number of aromatic nitrogens is 3. The smallest absolute Gasteiger partial charge is 0.145 e. The largest absolute Gasteiger partial charge is 0.360 e. The molecule has 0 saturated heterocycles. The van der Waals surface area contributed by atoms with Crippen molar-refractivity contribution in [1.82, 2.24) is 14.5 Å². The standard InChI is InChI=1S/C20H23ClN4OS/c1-14-5-6-23-17(9-14)16-10-18(21)24-20-19(16)15(11-22)12-25(20)13-26-7-8-27(2,3)4/h5-6,9-10,12H,7-8,13H2,1-4H3. The van der Waals surface area contributed by atoms with Crippen LogP contribution in [0.2, 0.25) is 5.15 Å². The van der Waals surface area contributed by atoms with Crippen molar-refractivity contribution in [3.05, 3.63) is 46.9 Å². The fourth-order valence-electron chi connectivity index (χ4n) is 2.80. The Labute approximate surface area is 166 Å². The SMILES string of the molecule is Cc1ccnc(-c2cc(Cl)nc3c2c(C#N)cn3COCCS(C)(C)C)c1. The third-order valence-electron chi connectivity index (χ3n) is 4.18. The molecule has 142 valence electrons. The number of hydrogen-bond acceptors (Lipinski definition) is 4. The van der Waals surface area contributed by atoms with Crippen LogP contribution in [0.3, 0.4) is 0 Å². The van der Waals surface area contributed by atoms with E-state index in [-0.39, 0.29) is 0 Å². The summed E-state index contributed by atoms with van der Waals surface area (Å²) in [6, 6.07) is 7.94. The van der Waals surface area contributed by atoms with E-state index in [1.165, 1.54) is 0 Å². The molecule has 0 bridgehead atoms. The highest BCUT2D eigenvalue weighted by atomic mass is 35.5. The summed E-state index contributed by atoms with van der Waals surface area (Å²) >= 11 is 6.29. The zero-order valence-corrected chi connectivity index (χ0v) is 17.6. The molecule has 0 aromatic carbocycles. The number of nitrogens with zero attached hydrogens (tertiary/aromatic N) is 4. The molecule has 0 atom stereocenters. The van der Waals surface area contributed by atoms with Crippen molar-refractivity contribution in [2.24, 2.45) is 0 Å². The Hall–Kier alpha value is -2.07. The lowest BCUT2D eigenvalue weighted by molar-refractivity contribution is 0.0923. The zero-order valence-electron chi connectivity index (χ0n) is 16.0. The predicted molar refractivity (Wildman–Crippen MR) is 114 cm³/mol. The van der Waals surface area contributed by atoms with Crippen LogP contribution in [0.4, 0.5) is 0 Å². The van der Waals surface area contributed by atoms with Crippen LogP contribution < -0.4 is 0 Å². The molecule has 0 aliphatic rings. The second kappa shape index (κ2) is 7.89. The number of hydrogen-bond donors (Lipinski definition) is 0. The Morgan fingerprint density at radius 3 is 2.74 bits per heavy atom. The monoisotopic (exact) mass is 402 g/mol. The van der Waals surface area contributed by atoms with Gasteiger partial charge in [-0.15, -0.1) is 0 Å². The first kappa shape index (κ1) is 19.7. The minimum Gasteiger partial charge on any atom is -0.360 e. The van der Waals surface area contributed by atoms with Crippen LogP contribution >= 0.6 is 21.6 Å². The van der Waals surface area contributed by atoms with Gasteiger partial charge in [0, 0.05) is 29.1 Å². The number of nitriles is 1. The minimum atomic E-state index is -0.606. The molecule has 27 heavy (non-hydrogen) atoms. The molecule has 0 aliphatic heterocycles. The molecule has 0 amide bonds. The summed E-state index contributed by atoms with van der Waals surface area (Å²) < 4.78 is 7.69. The van der Waals surface area contributed by atoms with Gasteiger partial charge in [-0.1, -0.05) is 11.6 Å². The molecular weight excluding hydrogens is 380 g/mol. The summed E-state index contributed by atoms with van der Waals surface area (Å²) in [7, 11) is -0.606. The van der Waals surface area contributed by atoms with Gasteiger partial charge in [-0.25, -0.2) is 15.0 Å². The van der Waals surface area contributed by atoms with Gasteiger partial charge in [0.05, 0.1) is 17.9 Å². The van der Waals surface area contributed by atoms with Crippen LogP contribution in [0, 0.1) is 18.3 Å². The van der Waals surface area contributed by atoms with Crippen LogP contribution in [0.5, 0.6) is 0 Å². The van der Waals surface area contributed by atoms with Gasteiger partial charge in [0.2, 0.25) is 0 Å². The van der Waals surface area contributed by atoms with Crippen LogP contribution in [0.15, 0.2) is 30.6 Å². The highest BCUT2D eigenvalue weighted by Crippen LogP contribution is 2.34. The minimum absolute atomic E-state index is 0.335. The molecule has 0 aliphatic carbocycles. The number of ether oxygens (including phenoxy) is 1. The Balaban J connectivity index is 2.02. The van der Waals surface area contributed by atoms with E-state index in [2.05, 4.69) is 34.8 Å². The zero-order chi connectivity index (χ0) is 19.6. The number of pyridine rings is 2. The van der Waals surface area contributed by atoms with E-state index in [4.69, 9.17) is 16.3 Å². The molecule has 3 aromatic heterocycles. The summed E-state index contributed by atoms with van der Waals surface area (Å²) in [5.74, 6) is 1.03. The molecule has 7 heteroatoms. The van der Waals surface area contributed by atoms with Crippen molar-refractivity contribution >= 4 is 32.7 Å². The second-order valence-corrected chi connectivity index (χ2v) is 12.3. The highest BCUT2D eigenvalue weighted by Gasteiger charge is 2.17. The van der Waals surface area contributed by atoms with E-state index in [9.17, 15) is 5.26 Å². The van der Waals surface area contributed by atoms with Gasteiger partial charge in [-0.3, -0.25) is 4.98 Å². The first-order valence-electron chi connectivity index (χ1n) is 8.55. The molecule has 0 N–H and O–H groups in total. The summed E-state index contributed by atoms with van der Waals surface area (Å²) in [6.07, 6.45) is 10.3. The summed E-state index contributed by atoms with van der Waals surface area (Å²) in [6.45, 7) is 3.02. The van der Waals surface area contributed by atoms with Crippen LogP contribution in [0.25, 0.3) is 22.3 Å². The van der Waals surface area contributed by atoms with Crippen LogP contribution in [0.1, 0.15) is 11.1 Å². The Kier molecular flexibility index (Phi) is 5.75. The van der Waals surface area contributed by atoms with E-state index in [1.807, 2.05) is 23.6 Å². The van der Waals surface area contributed by atoms with Gasteiger partial charge < -0.3 is 9.30 Å². The molecule has 0 saturated carbocycles. The normalized spacial score (nSPS) is 12.3. The molecule has 3 heterocycles. The van der Waals surface area contributed by atoms with Crippen LogP contribution in [-0.2, 0) is 11.5 Å². The molecule has 3 rings (SSSR count). The topological polar surface area (TPSA) is 63.7 Å². The average Bonchev–Trinajstić information content (AvgIpc) is 2.95. The fourth-order valence-corrected chi connectivity index (χ4v) is 3.60. The maximum absolute atomic E-state index is 9.64. The molecule has 0 fully saturated rings. The van der Waals surface area contributed by atoms with Crippen LogP contribution in [-0.4, -0.2) is 45.7 Å². The van der Waals surface area contributed by atoms with Gasteiger partial charge in [0.25, 0.3) is 0 Å². The lowest BCUT2D eigenvalue weighted by Gasteiger charge is -2.24. The van der Waals surface area contributed by atoms with E-state index >= 15 is 0 Å². The molecule has 5 nitrogen and oxygen atoms in total. The summed E-state index contributed by atoms with van der Waals surface area (Å²) in [5.41, 5.74) is 3.85. The van der Waals surface area contributed by atoms with Crippen molar-refractivity contribution in [2.45, 2.75) is 13.7 Å². The van der Waals surface area contributed by atoms with Gasteiger partial charge in [-0.2, -0.15) is 5.26 Å². The third kappa shape index (κ3) is 4.62. The molecule has 0 spiro atoms. The van der Waals surface area contributed by atoms with Crippen molar-refractivity contribution in [2.75, 3.05) is 31.1 Å². The van der Waals surface area contributed by atoms with Gasteiger partial charge in [-0.05, 0) is 49.5 Å². The second-order valence-electron chi connectivity index (χ2n) is 7.37. The van der Waals surface area contributed by atoms with E-state index in [0.717, 1.165) is 28.0 Å². The van der Waals surface area contributed by atoms with E-state index in [0.29, 0.717) is 29.7 Å². The first-order chi connectivity index (χ1) is 12.8. The Morgan fingerprint density at radius 1 is 1.30 bits per heavy atom. The highest BCUT2D eigenvalue weighted by molar-refractivity contribution is 8.32. The fraction of sp³-hybridized carbons (Fsp3) is 0.350. The Morgan fingerprint density at radius 2 is 2.07 bits per heavy atom. The summed E-state index contributed by atoms with van der Waals surface area (Å²) in [4.78, 5) is 8.91. The van der Waals surface area contributed by atoms with Gasteiger partial charge in [0.1, 0.15) is 23.6 Å². The quantitative estimate of drug-likeness (QED) is 0.446. The summed E-state index contributed by atoms with van der Waals surface area (Å²) in [5, 5.41) is 10.8. The van der Waals surface area contributed by atoms with Gasteiger partial charge in [0.15, 0.2) is 0 Å². The van der Waals surface area contributed by atoms with E-state index < -0.39 is 10.0 Å². The lowest BCUT2D eigenvalue weighted by atomic mass is 10.1. The average molecular weight is 403 g/mol. The number of fused-ring (bicyclic) bond motifs is 1. The Bertz CT molecular complexity index is 1020. The molecule has 0 unspecified atom stereocenters. The first-order valence-corrected chi connectivity index (χ1v) is 12.0. The van der Waals surface area contributed by atoms with Crippen molar-refractivity contribution < 1.29 is 4.74 Å².